The molecular formula is C10H7BrN2S. The minimum absolute atomic E-state index is 0.333. The van der Waals surface area contributed by atoms with Crippen LogP contribution in [0, 0.1) is 11.3 Å². The molecule has 1 unspecified atom stereocenters. The number of nitrogens with zero attached hydrogens (tertiary/aromatic N) is 2. The zero-order valence-corrected chi connectivity index (χ0v) is 9.89. The van der Waals surface area contributed by atoms with Crippen LogP contribution >= 0.6 is 27.3 Å². The number of thiazole rings is 1. The van der Waals surface area contributed by atoms with Crippen molar-refractivity contribution in [1.29, 1.82) is 5.26 Å². The molecule has 1 heterocycles. The highest BCUT2D eigenvalue weighted by Crippen LogP contribution is 2.28. The van der Waals surface area contributed by atoms with Gasteiger partial charge in [-0.3, -0.25) is 0 Å². The van der Waals surface area contributed by atoms with Crippen LogP contribution in [0.3, 0.4) is 0 Å². The summed E-state index contributed by atoms with van der Waals surface area (Å²) in [5, 5.41) is 9.23. The Morgan fingerprint density at radius 1 is 1.57 bits per heavy atom. The fourth-order valence-electron chi connectivity index (χ4n) is 1.24. The fourth-order valence-corrected chi connectivity index (χ4v) is 2.33. The summed E-state index contributed by atoms with van der Waals surface area (Å²) >= 11 is 4.95. The van der Waals surface area contributed by atoms with Crippen LogP contribution in [0.2, 0.25) is 0 Å². The van der Waals surface area contributed by atoms with Gasteiger partial charge >= 0.3 is 0 Å². The Bertz CT molecular complexity index is 510. The SMILES string of the molecule is CC(Br)c1ccc2nc(C#N)sc2c1. The van der Waals surface area contributed by atoms with Crippen molar-refractivity contribution >= 4 is 37.5 Å². The molecule has 0 spiro atoms. The van der Waals surface area contributed by atoms with Gasteiger partial charge in [-0.05, 0) is 24.6 Å². The molecule has 0 saturated heterocycles. The second-order valence-corrected chi connectivity index (χ2v) is 5.38. The molecule has 1 aromatic heterocycles. The molecule has 0 aliphatic heterocycles. The minimum Gasteiger partial charge on any atom is -0.226 e. The number of nitriles is 1. The smallest absolute Gasteiger partial charge is 0.195 e. The van der Waals surface area contributed by atoms with Crippen molar-refractivity contribution in [2.45, 2.75) is 11.8 Å². The van der Waals surface area contributed by atoms with Gasteiger partial charge in [0.25, 0.3) is 0 Å². The van der Waals surface area contributed by atoms with Crippen LogP contribution in [-0.4, -0.2) is 4.98 Å². The van der Waals surface area contributed by atoms with Crippen molar-refractivity contribution in [3.8, 4) is 6.07 Å². The van der Waals surface area contributed by atoms with E-state index in [1.807, 2.05) is 12.1 Å². The molecule has 1 atom stereocenters. The summed E-state index contributed by atoms with van der Waals surface area (Å²) < 4.78 is 1.07. The van der Waals surface area contributed by atoms with E-state index >= 15 is 0 Å². The largest absolute Gasteiger partial charge is 0.226 e. The van der Waals surface area contributed by atoms with E-state index in [0.29, 0.717) is 9.83 Å². The quantitative estimate of drug-likeness (QED) is 0.740. The maximum atomic E-state index is 8.71. The van der Waals surface area contributed by atoms with E-state index in [1.165, 1.54) is 16.9 Å². The van der Waals surface area contributed by atoms with Crippen LogP contribution in [0.1, 0.15) is 22.3 Å². The molecule has 0 aliphatic carbocycles. The second-order valence-electron chi connectivity index (χ2n) is 2.97. The van der Waals surface area contributed by atoms with E-state index in [-0.39, 0.29) is 0 Å². The lowest BCUT2D eigenvalue weighted by Crippen LogP contribution is -1.81. The summed E-state index contributed by atoms with van der Waals surface area (Å²) in [6, 6.07) is 8.13. The van der Waals surface area contributed by atoms with Crippen molar-refractivity contribution in [1.82, 2.24) is 4.98 Å². The number of fused-ring (bicyclic) bond motifs is 1. The van der Waals surface area contributed by atoms with Crippen LogP contribution < -0.4 is 0 Å². The average Bonchev–Trinajstić information content (AvgIpc) is 2.58. The molecule has 4 heteroatoms. The highest BCUT2D eigenvalue weighted by Gasteiger charge is 2.06. The zero-order chi connectivity index (χ0) is 10.1. The summed E-state index contributed by atoms with van der Waals surface area (Å²) in [6.45, 7) is 2.08. The number of hydrogen-bond acceptors (Lipinski definition) is 3. The lowest BCUT2D eigenvalue weighted by atomic mass is 10.2. The molecule has 2 nitrogen and oxygen atoms in total. The van der Waals surface area contributed by atoms with Crippen molar-refractivity contribution in [2.75, 3.05) is 0 Å². The summed E-state index contributed by atoms with van der Waals surface area (Å²) in [4.78, 5) is 4.51. The lowest BCUT2D eigenvalue weighted by molar-refractivity contribution is 1.13. The lowest BCUT2D eigenvalue weighted by Gasteiger charge is -2.01. The van der Waals surface area contributed by atoms with Crippen molar-refractivity contribution < 1.29 is 0 Å². The third kappa shape index (κ3) is 1.66. The molecule has 1 aromatic carbocycles. The predicted octanol–water partition coefficient (Wildman–Crippen LogP) is 3.62. The van der Waals surface area contributed by atoms with E-state index in [4.69, 9.17) is 5.26 Å². The first kappa shape index (κ1) is 9.63. The molecule has 2 aromatic rings. The highest BCUT2D eigenvalue weighted by atomic mass is 79.9. The molecule has 14 heavy (non-hydrogen) atoms. The van der Waals surface area contributed by atoms with Crippen molar-refractivity contribution in [3.05, 3.63) is 28.8 Å². The maximum absolute atomic E-state index is 8.71. The fraction of sp³-hybridized carbons (Fsp3) is 0.200. The Balaban J connectivity index is 2.61. The first-order valence-electron chi connectivity index (χ1n) is 4.15. The number of hydrogen-bond donors (Lipinski definition) is 0. The molecule has 2 rings (SSSR count). The number of benzene rings is 1. The molecule has 0 aliphatic rings. The molecular weight excluding hydrogens is 260 g/mol. The van der Waals surface area contributed by atoms with Gasteiger partial charge in [0.2, 0.25) is 0 Å². The van der Waals surface area contributed by atoms with Gasteiger partial charge in [0.05, 0.1) is 10.2 Å². The molecule has 0 saturated carbocycles. The Labute approximate surface area is 94.3 Å². The first-order chi connectivity index (χ1) is 6.70. The zero-order valence-electron chi connectivity index (χ0n) is 7.49. The van der Waals surface area contributed by atoms with Gasteiger partial charge < -0.3 is 0 Å². The standard InChI is InChI=1S/C10H7BrN2S/c1-6(11)7-2-3-8-9(4-7)14-10(5-12)13-8/h2-4,6H,1H3. The Hall–Kier alpha value is -0.920. The Morgan fingerprint density at radius 2 is 2.36 bits per heavy atom. The van der Waals surface area contributed by atoms with Crippen molar-refractivity contribution in [2.24, 2.45) is 0 Å². The maximum Gasteiger partial charge on any atom is 0.195 e. The first-order valence-corrected chi connectivity index (χ1v) is 5.88. The van der Waals surface area contributed by atoms with Crippen LogP contribution in [0.25, 0.3) is 10.2 Å². The molecule has 0 amide bonds. The van der Waals surface area contributed by atoms with Gasteiger partial charge in [-0.25, -0.2) is 4.98 Å². The van der Waals surface area contributed by atoms with Crippen LogP contribution in [0.15, 0.2) is 18.2 Å². The van der Waals surface area contributed by atoms with Crippen LogP contribution in [-0.2, 0) is 0 Å². The van der Waals surface area contributed by atoms with Gasteiger partial charge in [0, 0.05) is 4.83 Å². The van der Waals surface area contributed by atoms with Gasteiger partial charge in [0.1, 0.15) is 6.07 Å². The van der Waals surface area contributed by atoms with Gasteiger partial charge in [-0.15, -0.1) is 11.3 Å². The summed E-state index contributed by atoms with van der Waals surface area (Å²) in [7, 11) is 0. The number of aromatic nitrogens is 1. The number of rotatable bonds is 1. The number of halogens is 1. The monoisotopic (exact) mass is 266 g/mol. The minimum atomic E-state index is 0.333. The molecule has 0 radical (unpaired) electrons. The molecule has 0 bridgehead atoms. The van der Waals surface area contributed by atoms with E-state index in [9.17, 15) is 0 Å². The highest BCUT2D eigenvalue weighted by molar-refractivity contribution is 9.09. The van der Waals surface area contributed by atoms with Crippen LogP contribution in [0.5, 0.6) is 0 Å². The van der Waals surface area contributed by atoms with E-state index in [0.717, 1.165) is 10.2 Å². The van der Waals surface area contributed by atoms with Gasteiger partial charge in [0.15, 0.2) is 5.01 Å². The third-order valence-corrected chi connectivity index (χ3v) is 3.42. The van der Waals surface area contributed by atoms with Gasteiger partial charge in [-0.2, -0.15) is 5.26 Å². The summed E-state index contributed by atoms with van der Waals surface area (Å²) in [5.41, 5.74) is 2.12. The van der Waals surface area contributed by atoms with E-state index < -0.39 is 0 Å². The second kappa shape index (κ2) is 3.68. The molecule has 0 N–H and O–H groups in total. The Morgan fingerprint density at radius 3 is 3.00 bits per heavy atom. The summed E-state index contributed by atoms with van der Waals surface area (Å²) in [6.07, 6.45) is 0. The third-order valence-electron chi connectivity index (χ3n) is 1.97. The predicted molar refractivity (Wildman–Crippen MR) is 61.7 cm³/mol. The normalized spacial score (nSPS) is 12.6. The molecule has 0 fully saturated rings. The average molecular weight is 267 g/mol. The van der Waals surface area contributed by atoms with Crippen molar-refractivity contribution in [3.63, 3.8) is 0 Å². The number of alkyl halides is 1. The van der Waals surface area contributed by atoms with Crippen LogP contribution in [0.4, 0.5) is 0 Å². The van der Waals surface area contributed by atoms with E-state index in [2.05, 4.69) is 40.0 Å². The topological polar surface area (TPSA) is 36.7 Å². The Kier molecular flexibility index (Phi) is 2.53. The summed E-state index contributed by atoms with van der Waals surface area (Å²) in [5.74, 6) is 0. The van der Waals surface area contributed by atoms with E-state index in [1.54, 1.807) is 0 Å². The molecule has 70 valence electrons. The van der Waals surface area contributed by atoms with Gasteiger partial charge in [-0.1, -0.05) is 22.0 Å².